The van der Waals surface area contributed by atoms with Crippen molar-refractivity contribution in [2.75, 3.05) is 0 Å². The van der Waals surface area contributed by atoms with Gasteiger partial charge in [0.2, 0.25) is 0 Å². The number of nitrogens with two attached hydrogens (primary N) is 1. The molecule has 0 saturated heterocycles. The predicted molar refractivity (Wildman–Crippen MR) is 28.1 cm³/mol. The molecule has 3 unspecified atom stereocenters. The zero-order chi connectivity index (χ0) is 6.15. The molecule has 1 aliphatic rings. The van der Waals surface area contributed by atoms with Gasteiger partial charge in [-0.15, -0.1) is 0 Å². The molecule has 0 bridgehead atoms. The highest BCUT2D eigenvalue weighted by atomic mass is 19.1. The highest BCUT2D eigenvalue weighted by Crippen LogP contribution is 2.20. The van der Waals surface area contributed by atoms with Crippen LogP contribution in [0, 0.1) is 0 Å². The molecule has 0 amide bonds. The Balaban J connectivity index is 2.44. The zero-order valence-corrected chi connectivity index (χ0v) is 4.55. The normalized spacial score (nSPS) is 47.6. The lowest BCUT2D eigenvalue weighted by Gasteiger charge is -2.07. The molecule has 1 aliphatic carbocycles. The highest BCUT2D eigenvalue weighted by Gasteiger charge is 2.31. The Hall–Kier alpha value is -0.150. The second-order valence-electron chi connectivity index (χ2n) is 2.25. The molecule has 0 spiro atoms. The first-order valence-corrected chi connectivity index (χ1v) is 2.79. The maximum atomic E-state index is 12.2. The Labute approximate surface area is 47.5 Å². The van der Waals surface area contributed by atoms with Gasteiger partial charge in [0, 0.05) is 6.04 Å². The van der Waals surface area contributed by atoms with Crippen molar-refractivity contribution in [3.63, 3.8) is 0 Å². The van der Waals surface area contributed by atoms with Crippen LogP contribution in [0.15, 0.2) is 0 Å². The summed E-state index contributed by atoms with van der Waals surface area (Å²) in [4.78, 5) is 0. The van der Waals surface area contributed by atoms with Gasteiger partial charge in [-0.3, -0.25) is 0 Å². The third-order valence-electron chi connectivity index (χ3n) is 1.59. The van der Waals surface area contributed by atoms with Crippen molar-refractivity contribution in [3.8, 4) is 0 Å². The first kappa shape index (κ1) is 5.98. The van der Waals surface area contributed by atoms with Crippen molar-refractivity contribution < 1.29 is 9.50 Å². The summed E-state index contributed by atoms with van der Waals surface area (Å²) < 4.78 is 12.2. The van der Waals surface area contributed by atoms with Crippen molar-refractivity contribution in [1.82, 2.24) is 0 Å². The van der Waals surface area contributed by atoms with Gasteiger partial charge in [0.1, 0.15) is 12.3 Å². The molecule has 1 fully saturated rings. The molecular weight excluding hydrogens is 109 g/mol. The summed E-state index contributed by atoms with van der Waals surface area (Å²) in [6.07, 6.45) is -0.954. The maximum absolute atomic E-state index is 12.2. The lowest BCUT2D eigenvalue weighted by molar-refractivity contribution is 0.0917. The molecule has 8 heavy (non-hydrogen) atoms. The second kappa shape index (κ2) is 1.99. The lowest BCUT2D eigenvalue weighted by Crippen LogP contribution is -2.33. The third-order valence-corrected chi connectivity index (χ3v) is 1.59. The van der Waals surface area contributed by atoms with E-state index in [0.717, 1.165) is 0 Å². The minimum Gasteiger partial charge on any atom is -0.388 e. The van der Waals surface area contributed by atoms with Gasteiger partial charge in [-0.05, 0) is 12.8 Å². The second-order valence-corrected chi connectivity index (χ2v) is 2.25. The van der Waals surface area contributed by atoms with Crippen LogP contribution < -0.4 is 5.73 Å². The van der Waals surface area contributed by atoms with E-state index in [1.165, 1.54) is 0 Å². The van der Waals surface area contributed by atoms with Crippen molar-refractivity contribution in [2.45, 2.75) is 31.2 Å². The van der Waals surface area contributed by atoms with E-state index in [1.807, 2.05) is 0 Å². The van der Waals surface area contributed by atoms with Crippen molar-refractivity contribution in [1.29, 1.82) is 0 Å². The molecule has 3 atom stereocenters. The predicted octanol–water partition coefficient (Wildman–Crippen LogP) is -0.193. The van der Waals surface area contributed by atoms with Gasteiger partial charge < -0.3 is 10.8 Å². The van der Waals surface area contributed by atoms with Gasteiger partial charge in [0.15, 0.2) is 0 Å². The summed E-state index contributed by atoms with van der Waals surface area (Å²) in [5.74, 6) is 0. The number of hydrogen-bond acceptors (Lipinski definition) is 2. The summed E-state index contributed by atoms with van der Waals surface area (Å²) in [5.41, 5.74) is 5.28. The monoisotopic (exact) mass is 119 g/mol. The van der Waals surface area contributed by atoms with Gasteiger partial charge in [0.05, 0.1) is 0 Å². The number of aliphatic hydroxyl groups is 1. The fourth-order valence-corrected chi connectivity index (χ4v) is 0.961. The van der Waals surface area contributed by atoms with Crippen LogP contribution in [0.3, 0.4) is 0 Å². The summed E-state index contributed by atoms with van der Waals surface area (Å²) in [5, 5.41) is 8.77. The van der Waals surface area contributed by atoms with E-state index in [1.54, 1.807) is 0 Å². The molecule has 0 radical (unpaired) electrons. The molecule has 0 aromatic carbocycles. The van der Waals surface area contributed by atoms with E-state index in [2.05, 4.69) is 0 Å². The van der Waals surface area contributed by atoms with E-state index >= 15 is 0 Å². The number of alkyl halides is 1. The molecule has 1 saturated carbocycles. The Morgan fingerprint density at radius 1 is 1.50 bits per heavy atom. The van der Waals surface area contributed by atoms with Crippen LogP contribution in [0.5, 0.6) is 0 Å². The largest absolute Gasteiger partial charge is 0.388 e. The van der Waals surface area contributed by atoms with E-state index in [4.69, 9.17) is 10.8 Å². The molecule has 0 aliphatic heterocycles. The lowest BCUT2D eigenvalue weighted by atomic mass is 10.2. The fraction of sp³-hybridized carbons (Fsp3) is 1.00. The third kappa shape index (κ3) is 0.833. The summed E-state index contributed by atoms with van der Waals surface area (Å²) in [7, 11) is 0. The van der Waals surface area contributed by atoms with Gasteiger partial charge >= 0.3 is 0 Å². The first-order valence-electron chi connectivity index (χ1n) is 2.79. The number of hydrogen-bond donors (Lipinski definition) is 2. The topological polar surface area (TPSA) is 46.2 Å². The first-order chi connectivity index (χ1) is 3.72. The van der Waals surface area contributed by atoms with Gasteiger partial charge in [-0.2, -0.15) is 0 Å². The van der Waals surface area contributed by atoms with Crippen LogP contribution in [0.1, 0.15) is 12.8 Å². The maximum Gasteiger partial charge on any atom is 0.127 e. The van der Waals surface area contributed by atoms with Crippen LogP contribution in [0.25, 0.3) is 0 Å². The summed E-state index contributed by atoms with van der Waals surface area (Å²) >= 11 is 0. The van der Waals surface area contributed by atoms with E-state index in [9.17, 15) is 4.39 Å². The Morgan fingerprint density at radius 2 is 2.12 bits per heavy atom. The Kier molecular flexibility index (Phi) is 1.49. The van der Waals surface area contributed by atoms with Crippen LogP contribution >= 0.6 is 0 Å². The smallest absolute Gasteiger partial charge is 0.127 e. The highest BCUT2D eigenvalue weighted by molar-refractivity contribution is 4.86. The van der Waals surface area contributed by atoms with Crippen LogP contribution in [0.2, 0.25) is 0 Å². The van der Waals surface area contributed by atoms with Gasteiger partial charge in [-0.25, -0.2) is 4.39 Å². The van der Waals surface area contributed by atoms with Crippen molar-refractivity contribution in [2.24, 2.45) is 5.73 Å². The van der Waals surface area contributed by atoms with E-state index in [-0.39, 0.29) is 6.04 Å². The molecule has 2 nitrogen and oxygen atoms in total. The van der Waals surface area contributed by atoms with Crippen molar-refractivity contribution >= 4 is 0 Å². The average molecular weight is 119 g/mol. The summed E-state index contributed by atoms with van der Waals surface area (Å²) in [6.45, 7) is 0. The van der Waals surface area contributed by atoms with Crippen molar-refractivity contribution in [3.05, 3.63) is 0 Å². The van der Waals surface area contributed by atoms with Gasteiger partial charge in [0.25, 0.3) is 0 Å². The molecular formula is C5H10FNO. The molecule has 3 N–H and O–H groups in total. The molecule has 0 heterocycles. The molecule has 3 heteroatoms. The minimum atomic E-state index is -1.08. The average Bonchev–Trinajstić information content (AvgIpc) is 1.98. The standard InChI is InChI=1S/C5H10FNO/c6-3-1-2-4(7)5(3)8/h3-5,8H,1-2,7H2. The molecule has 0 aromatic rings. The van der Waals surface area contributed by atoms with E-state index < -0.39 is 12.3 Å². The van der Waals surface area contributed by atoms with Crippen LogP contribution in [-0.2, 0) is 0 Å². The molecule has 1 rings (SSSR count). The SMILES string of the molecule is NC1CCC(F)C1O. The van der Waals surface area contributed by atoms with Gasteiger partial charge in [-0.1, -0.05) is 0 Å². The number of halogens is 1. The Morgan fingerprint density at radius 3 is 2.25 bits per heavy atom. The fourth-order valence-electron chi connectivity index (χ4n) is 0.961. The molecule has 0 aromatic heterocycles. The number of aliphatic hydroxyl groups excluding tert-OH is 1. The number of rotatable bonds is 0. The quantitative estimate of drug-likeness (QED) is 0.464. The Bertz CT molecular complexity index is 78.5. The van der Waals surface area contributed by atoms with E-state index in [0.29, 0.717) is 12.8 Å². The van der Waals surface area contributed by atoms with Crippen LogP contribution in [0.4, 0.5) is 4.39 Å². The molecule has 48 valence electrons. The summed E-state index contributed by atoms with van der Waals surface area (Å²) in [6, 6.07) is -0.329. The minimum absolute atomic E-state index is 0.329. The van der Waals surface area contributed by atoms with Crippen LogP contribution in [-0.4, -0.2) is 23.4 Å². The zero-order valence-electron chi connectivity index (χ0n) is 4.55.